The quantitative estimate of drug-likeness (QED) is 0.888. The molecule has 104 valence electrons. The molecule has 0 bridgehead atoms. The van der Waals surface area contributed by atoms with Crippen molar-refractivity contribution in [1.29, 1.82) is 0 Å². The minimum atomic E-state index is -0.726. The Bertz CT molecular complexity index is 480. The molecular formula is C13H19N3O2S. The Morgan fingerprint density at radius 2 is 2.11 bits per heavy atom. The van der Waals surface area contributed by atoms with Crippen LogP contribution in [0.25, 0.3) is 0 Å². The van der Waals surface area contributed by atoms with Crippen LogP contribution in [0.15, 0.2) is 0 Å². The molecule has 0 spiro atoms. The van der Waals surface area contributed by atoms with Crippen LogP contribution in [0.4, 0.5) is 5.13 Å². The first-order valence-corrected chi connectivity index (χ1v) is 7.62. The zero-order chi connectivity index (χ0) is 13.4. The maximum Gasteiger partial charge on any atom is 0.312 e. The average Bonchev–Trinajstić information content (AvgIpc) is 2.82. The third-order valence-electron chi connectivity index (χ3n) is 4.01. The van der Waals surface area contributed by atoms with Gasteiger partial charge in [0.25, 0.3) is 0 Å². The first kappa shape index (κ1) is 12.9. The molecule has 0 saturated carbocycles. The van der Waals surface area contributed by atoms with E-state index >= 15 is 0 Å². The zero-order valence-electron chi connectivity index (χ0n) is 11.1. The number of aliphatic carboxylic acids is 1. The molecule has 1 saturated heterocycles. The molecule has 0 radical (unpaired) electrons. The summed E-state index contributed by atoms with van der Waals surface area (Å²) in [4.78, 5) is 21.7. The molecule has 3 rings (SSSR count). The number of hydrogen-bond acceptors (Lipinski definition) is 5. The number of fused-ring (bicyclic) bond motifs is 1. The van der Waals surface area contributed by atoms with Gasteiger partial charge in [-0.3, -0.25) is 4.79 Å². The Balaban J connectivity index is 1.83. The molecule has 0 amide bonds. The van der Waals surface area contributed by atoms with Crippen molar-refractivity contribution in [3.8, 4) is 0 Å². The fraction of sp³-hybridized carbons (Fsp3) is 0.692. The molecule has 0 aromatic carbocycles. The second kappa shape index (κ2) is 5.09. The summed E-state index contributed by atoms with van der Waals surface area (Å²) in [6, 6.07) is 0. The Labute approximate surface area is 116 Å². The van der Waals surface area contributed by atoms with Gasteiger partial charge in [0.15, 0.2) is 5.13 Å². The van der Waals surface area contributed by atoms with Gasteiger partial charge in [-0.1, -0.05) is 0 Å². The summed E-state index contributed by atoms with van der Waals surface area (Å²) in [5, 5.41) is 10.3. The third-order valence-corrected chi connectivity index (χ3v) is 5.21. The molecule has 1 unspecified atom stereocenters. The highest BCUT2D eigenvalue weighted by atomic mass is 32.1. The van der Waals surface area contributed by atoms with Gasteiger partial charge in [-0.05, 0) is 26.3 Å². The summed E-state index contributed by atoms with van der Waals surface area (Å²) in [7, 11) is 2.13. The zero-order valence-corrected chi connectivity index (χ0v) is 11.9. The van der Waals surface area contributed by atoms with Crippen molar-refractivity contribution in [3.63, 3.8) is 0 Å². The summed E-state index contributed by atoms with van der Waals surface area (Å²) in [6.07, 6.45) is 2.69. The smallest absolute Gasteiger partial charge is 0.312 e. The molecule has 1 N–H and O–H groups in total. The van der Waals surface area contributed by atoms with Crippen molar-refractivity contribution in [2.45, 2.75) is 25.2 Å². The van der Waals surface area contributed by atoms with E-state index in [0.29, 0.717) is 0 Å². The van der Waals surface area contributed by atoms with Crippen LogP contribution in [0, 0.1) is 0 Å². The number of aryl methyl sites for hydroxylation is 1. The van der Waals surface area contributed by atoms with Crippen LogP contribution in [0.2, 0.25) is 0 Å². The molecular weight excluding hydrogens is 262 g/mol. The van der Waals surface area contributed by atoms with Gasteiger partial charge < -0.3 is 14.9 Å². The molecule has 6 heteroatoms. The van der Waals surface area contributed by atoms with E-state index in [4.69, 9.17) is 0 Å². The second-order valence-corrected chi connectivity index (χ2v) is 6.44. The topological polar surface area (TPSA) is 56.7 Å². The molecule has 1 aliphatic heterocycles. The highest BCUT2D eigenvalue weighted by Gasteiger charge is 2.31. The van der Waals surface area contributed by atoms with E-state index in [1.165, 1.54) is 4.88 Å². The number of likely N-dealkylation sites (N-methyl/N-ethyl adjacent to an activating group) is 1. The van der Waals surface area contributed by atoms with Crippen molar-refractivity contribution in [3.05, 3.63) is 10.6 Å². The number of carbonyl (C=O) groups is 1. The van der Waals surface area contributed by atoms with Gasteiger partial charge >= 0.3 is 5.97 Å². The van der Waals surface area contributed by atoms with Gasteiger partial charge in [-0.2, -0.15) is 0 Å². The monoisotopic (exact) mass is 281 g/mol. The van der Waals surface area contributed by atoms with Crippen LogP contribution in [-0.2, 0) is 11.2 Å². The minimum Gasteiger partial charge on any atom is -0.481 e. The van der Waals surface area contributed by atoms with Crippen LogP contribution < -0.4 is 4.90 Å². The summed E-state index contributed by atoms with van der Waals surface area (Å²) in [5.41, 5.74) is 0.831. The number of hydrogen-bond donors (Lipinski definition) is 1. The van der Waals surface area contributed by atoms with Gasteiger partial charge in [-0.15, -0.1) is 11.3 Å². The molecule has 1 aromatic heterocycles. The van der Waals surface area contributed by atoms with E-state index < -0.39 is 5.97 Å². The molecule has 1 fully saturated rings. The van der Waals surface area contributed by atoms with E-state index in [0.717, 1.165) is 56.3 Å². The lowest BCUT2D eigenvalue weighted by atomic mass is 9.91. The van der Waals surface area contributed by atoms with Gasteiger partial charge in [-0.25, -0.2) is 4.98 Å². The molecule has 19 heavy (non-hydrogen) atoms. The summed E-state index contributed by atoms with van der Waals surface area (Å²) in [6.45, 7) is 4.07. The molecule has 2 aliphatic rings. The van der Waals surface area contributed by atoms with Crippen molar-refractivity contribution < 1.29 is 9.90 Å². The fourth-order valence-electron chi connectivity index (χ4n) is 2.78. The van der Waals surface area contributed by atoms with Crippen molar-refractivity contribution in [2.75, 3.05) is 38.1 Å². The predicted molar refractivity (Wildman–Crippen MR) is 75.1 cm³/mol. The van der Waals surface area contributed by atoms with Gasteiger partial charge in [0, 0.05) is 31.1 Å². The highest BCUT2D eigenvalue weighted by Crippen LogP contribution is 2.38. The number of carboxylic acid groups (broad SMARTS) is 1. The third kappa shape index (κ3) is 2.47. The molecule has 5 nitrogen and oxygen atoms in total. The number of rotatable bonds is 2. The predicted octanol–water partition coefficient (Wildman–Crippen LogP) is 1.40. The van der Waals surface area contributed by atoms with E-state index in [-0.39, 0.29) is 5.92 Å². The van der Waals surface area contributed by atoms with Crippen LogP contribution in [0.5, 0.6) is 0 Å². The summed E-state index contributed by atoms with van der Waals surface area (Å²) in [5.74, 6) is -1.11. The van der Waals surface area contributed by atoms with Crippen LogP contribution in [0.1, 0.15) is 29.3 Å². The largest absolute Gasteiger partial charge is 0.481 e. The SMILES string of the molecule is CN1CCN(c2nc3c(s2)CCCC3C(=O)O)CC1. The number of anilines is 1. The number of nitrogens with zero attached hydrogens (tertiary/aromatic N) is 3. The molecule has 1 atom stereocenters. The lowest BCUT2D eigenvalue weighted by Gasteiger charge is -2.32. The van der Waals surface area contributed by atoms with Crippen LogP contribution >= 0.6 is 11.3 Å². The number of piperazine rings is 1. The summed E-state index contributed by atoms with van der Waals surface area (Å²) < 4.78 is 0. The van der Waals surface area contributed by atoms with Gasteiger partial charge in [0.2, 0.25) is 0 Å². The second-order valence-electron chi connectivity index (χ2n) is 5.38. The Hall–Kier alpha value is -1.14. The Kier molecular flexibility index (Phi) is 3.45. The van der Waals surface area contributed by atoms with Gasteiger partial charge in [0.05, 0.1) is 5.69 Å². The lowest BCUT2D eigenvalue weighted by Crippen LogP contribution is -2.44. The average molecular weight is 281 g/mol. The van der Waals surface area contributed by atoms with Crippen LogP contribution in [0.3, 0.4) is 0 Å². The molecule has 1 aromatic rings. The van der Waals surface area contributed by atoms with Gasteiger partial charge in [0.1, 0.15) is 5.92 Å². The van der Waals surface area contributed by atoms with Crippen molar-refractivity contribution >= 4 is 22.4 Å². The standard InChI is InChI=1S/C13H19N3O2S/c1-15-5-7-16(8-6-15)13-14-11-9(12(17)18)3-2-4-10(11)19-13/h9H,2-8H2,1H3,(H,17,18). The molecule has 2 heterocycles. The number of aromatic nitrogens is 1. The maximum atomic E-state index is 11.3. The van der Waals surface area contributed by atoms with Crippen molar-refractivity contribution in [1.82, 2.24) is 9.88 Å². The van der Waals surface area contributed by atoms with Crippen molar-refractivity contribution in [2.24, 2.45) is 0 Å². The normalized spacial score (nSPS) is 24.3. The van der Waals surface area contributed by atoms with Crippen LogP contribution in [-0.4, -0.2) is 54.2 Å². The van der Waals surface area contributed by atoms with E-state index in [2.05, 4.69) is 21.8 Å². The number of carboxylic acids is 1. The van der Waals surface area contributed by atoms with E-state index in [1.807, 2.05) is 0 Å². The first-order valence-electron chi connectivity index (χ1n) is 6.81. The fourth-order valence-corrected chi connectivity index (χ4v) is 3.99. The molecule has 1 aliphatic carbocycles. The van der Waals surface area contributed by atoms with E-state index in [1.54, 1.807) is 11.3 Å². The highest BCUT2D eigenvalue weighted by molar-refractivity contribution is 7.15. The number of thiazole rings is 1. The first-order chi connectivity index (χ1) is 9.15. The lowest BCUT2D eigenvalue weighted by molar-refractivity contribution is -0.139. The Morgan fingerprint density at radius 1 is 1.37 bits per heavy atom. The van der Waals surface area contributed by atoms with E-state index in [9.17, 15) is 9.90 Å². The maximum absolute atomic E-state index is 11.3. The minimum absolute atomic E-state index is 0.388. The summed E-state index contributed by atoms with van der Waals surface area (Å²) >= 11 is 1.70. The Morgan fingerprint density at radius 3 is 2.79 bits per heavy atom.